The van der Waals surface area contributed by atoms with E-state index in [2.05, 4.69) is 20.8 Å². The number of hydrogen-bond donors (Lipinski definition) is 0. The van der Waals surface area contributed by atoms with Gasteiger partial charge < -0.3 is 4.74 Å². The van der Waals surface area contributed by atoms with E-state index in [1.165, 1.54) is 38.5 Å². The highest BCUT2D eigenvalue weighted by molar-refractivity contribution is 5.69. The molecule has 2 heteroatoms. The Morgan fingerprint density at radius 2 is 1.96 bits per heavy atom. The molecule has 0 spiro atoms. The number of ether oxygens (including phenoxy) is 1. The molecule has 0 aromatic heterocycles. The van der Waals surface area contributed by atoms with Crippen molar-refractivity contribution >= 4 is 5.97 Å². The van der Waals surface area contributed by atoms with E-state index in [1.54, 1.807) is 0 Å². The topological polar surface area (TPSA) is 26.3 Å². The monoisotopic (exact) mass is 322 g/mol. The Bertz CT molecular complexity index is 409. The third-order valence-corrected chi connectivity index (χ3v) is 6.69. The molecular weight excluding hydrogens is 284 g/mol. The Balaban J connectivity index is 1.82. The van der Waals surface area contributed by atoms with Crippen LogP contribution in [-0.2, 0) is 9.53 Å². The standard InChI is InChI=1S/C21H38O2/c1-15(9-7-11-19(22)23-20(3,4)5)17-12-13-18-16(2)10-8-14-21(17,18)6/h15-18H,7-14H2,1-6H3/t15-,16?,17-,18+,21-/m1/s1. The van der Waals surface area contributed by atoms with E-state index in [0.717, 1.165) is 30.1 Å². The third-order valence-electron chi connectivity index (χ3n) is 6.69. The summed E-state index contributed by atoms with van der Waals surface area (Å²) in [5.74, 6) is 3.40. The lowest BCUT2D eigenvalue weighted by atomic mass is 9.59. The van der Waals surface area contributed by atoms with Crippen LogP contribution in [0.4, 0.5) is 0 Å². The maximum Gasteiger partial charge on any atom is 0.306 e. The first kappa shape index (κ1) is 18.8. The molecule has 0 bridgehead atoms. The number of esters is 1. The van der Waals surface area contributed by atoms with Gasteiger partial charge in [0.25, 0.3) is 0 Å². The molecule has 1 unspecified atom stereocenters. The lowest BCUT2D eigenvalue weighted by molar-refractivity contribution is -0.155. The summed E-state index contributed by atoms with van der Waals surface area (Å²) in [6.45, 7) is 13.3. The molecule has 2 rings (SSSR count). The Labute approximate surface area is 143 Å². The van der Waals surface area contributed by atoms with Gasteiger partial charge >= 0.3 is 5.97 Å². The van der Waals surface area contributed by atoms with Gasteiger partial charge in [0.15, 0.2) is 0 Å². The first-order valence-corrected chi connectivity index (χ1v) is 9.85. The van der Waals surface area contributed by atoms with Gasteiger partial charge in [0.2, 0.25) is 0 Å². The second-order valence-electron chi connectivity index (χ2n) is 9.62. The molecule has 0 aromatic rings. The average molecular weight is 323 g/mol. The molecular formula is C21H38O2. The van der Waals surface area contributed by atoms with E-state index in [9.17, 15) is 4.79 Å². The summed E-state index contributed by atoms with van der Waals surface area (Å²) < 4.78 is 5.43. The van der Waals surface area contributed by atoms with Crippen molar-refractivity contribution in [2.75, 3.05) is 0 Å². The molecule has 2 saturated carbocycles. The fourth-order valence-corrected chi connectivity index (χ4v) is 5.70. The zero-order valence-corrected chi connectivity index (χ0v) is 16.3. The van der Waals surface area contributed by atoms with Crippen molar-refractivity contribution in [3.8, 4) is 0 Å². The van der Waals surface area contributed by atoms with E-state index in [1.807, 2.05) is 20.8 Å². The molecule has 0 radical (unpaired) electrons. The highest BCUT2D eigenvalue weighted by atomic mass is 16.6. The highest BCUT2D eigenvalue weighted by Gasteiger charge is 2.51. The highest BCUT2D eigenvalue weighted by Crippen LogP contribution is 2.59. The van der Waals surface area contributed by atoms with Crippen molar-refractivity contribution in [3.63, 3.8) is 0 Å². The molecule has 2 fully saturated rings. The van der Waals surface area contributed by atoms with Crippen LogP contribution >= 0.6 is 0 Å². The van der Waals surface area contributed by atoms with Crippen molar-refractivity contribution in [2.45, 2.75) is 98.5 Å². The minimum absolute atomic E-state index is 0.0356. The van der Waals surface area contributed by atoms with E-state index in [4.69, 9.17) is 4.74 Å². The van der Waals surface area contributed by atoms with Gasteiger partial charge in [0, 0.05) is 6.42 Å². The lowest BCUT2D eigenvalue weighted by Crippen LogP contribution is -2.38. The van der Waals surface area contributed by atoms with Crippen molar-refractivity contribution in [2.24, 2.45) is 29.1 Å². The fraction of sp³-hybridized carbons (Fsp3) is 0.952. The smallest absolute Gasteiger partial charge is 0.306 e. The van der Waals surface area contributed by atoms with E-state index in [-0.39, 0.29) is 11.6 Å². The lowest BCUT2D eigenvalue weighted by Gasteiger charge is -2.46. The van der Waals surface area contributed by atoms with Crippen LogP contribution in [0.25, 0.3) is 0 Å². The van der Waals surface area contributed by atoms with Crippen LogP contribution in [0, 0.1) is 29.1 Å². The molecule has 2 aliphatic rings. The Hall–Kier alpha value is -0.530. The van der Waals surface area contributed by atoms with E-state index < -0.39 is 0 Å². The Morgan fingerprint density at radius 1 is 1.26 bits per heavy atom. The van der Waals surface area contributed by atoms with Gasteiger partial charge in [-0.25, -0.2) is 0 Å². The summed E-state index contributed by atoms with van der Waals surface area (Å²) in [4.78, 5) is 11.9. The van der Waals surface area contributed by atoms with E-state index in [0.29, 0.717) is 11.8 Å². The molecule has 0 saturated heterocycles. The zero-order valence-electron chi connectivity index (χ0n) is 16.3. The van der Waals surface area contributed by atoms with Crippen LogP contribution < -0.4 is 0 Å². The molecule has 0 aliphatic heterocycles. The maximum absolute atomic E-state index is 11.9. The van der Waals surface area contributed by atoms with Crippen LogP contribution in [0.15, 0.2) is 0 Å². The van der Waals surface area contributed by atoms with Gasteiger partial charge in [-0.1, -0.05) is 33.6 Å². The third kappa shape index (κ3) is 4.51. The number of hydrogen-bond acceptors (Lipinski definition) is 2. The fourth-order valence-electron chi connectivity index (χ4n) is 5.70. The van der Waals surface area contributed by atoms with Crippen molar-refractivity contribution in [1.82, 2.24) is 0 Å². The van der Waals surface area contributed by atoms with Crippen LogP contribution in [0.1, 0.15) is 92.9 Å². The summed E-state index contributed by atoms with van der Waals surface area (Å²) in [6.07, 6.45) is 9.81. The Kier molecular flexibility index (Phi) is 5.85. The van der Waals surface area contributed by atoms with Crippen LogP contribution in [-0.4, -0.2) is 11.6 Å². The predicted octanol–water partition coefficient (Wildman–Crippen LogP) is 5.99. The minimum Gasteiger partial charge on any atom is -0.460 e. The van der Waals surface area contributed by atoms with Crippen molar-refractivity contribution in [1.29, 1.82) is 0 Å². The van der Waals surface area contributed by atoms with Crippen molar-refractivity contribution < 1.29 is 9.53 Å². The van der Waals surface area contributed by atoms with Gasteiger partial charge in [0.05, 0.1) is 0 Å². The second kappa shape index (κ2) is 7.15. The van der Waals surface area contributed by atoms with Gasteiger partial charge in [-0.05, 0) is 82.0 Å². The minimum atomic E-state index is -0.354. The number of rotatable bonds is 5. The van der Waals surface area contributed by atoms with Crippen LogP contribution in [0.5, 0.6) is 0 Å². The van der Waals surface area contributed by atoms with Gasteiger partial charge in [-0.3, -0.25) is 4.79 Å². The van der Waals surface area contributed by atoms with E-state index >= 15 is 0 Å². The molecule has 23 heavy (non-hydrogen) atoms. The molecule has 0 amide bonds. The molecule has 0 heterocycles. The van der Waals surface area contributed by atoms with Crippen LogP contribution in [0.3, 0.4) is 0 Å². The quantitative estimate of drug-likeness (QED) is 0.581. The maximum atomic E-state index is 11.9. The number of fused-ring (bicyclic) bond motifs is 1. The van der Waals surface area contributed by atoms with Gasteiger partial charge in [-0.2, -0.15) is 0 Å². The summed E-state index contributed by atoms with van der Waals surface area (Å²) in [5, 5.41) is 0. The second-order valence-corrected chi connectivity index (χ2v) is 9.62. The van der Waals surface area contributed by atoms with Crippen molar-refractivity contribution in [3.05, 3.63) is 0 Å². The molecule has 2 aliphatic carbocycles. The molecule has 5 atom stereocenters. The Morgan fingerprint density at radius 3 is 2.61 bits per heavy atom. The van der Waals surface area contributed by atoms with Gasteiger partial charge in [-0.15, -0.1) is 0 Å². The number of carbonyl (C=O) groups excluding carboxylic acids is 1. The van der Waals surface area contributed by atoms with Gasteiger partial charge in [0.1, 0.15) is 5.60 Å². The zero-order chi connectivity index (χ0) is 17.3. The average Bonchev–Trinajstić information content (AvgIpc) is 2.75. The summed E-state index contributed by atoms with van der Waals surface area (Å²) in [5.41, 5.74) is 0.204. The SMILES string of the molecule is CC1CCC[C@]2(C)[C@@H]([C@H](C)CCCC(=O)OC(C)(C)C)CC[C@@H]12. The molecule has 134 valence electrons. The number of carbonyl (C=O) groups is 1. The normalized spacial score (nSPS) is 35.7. The molecule has 0 N–H and O–H groups in total. The summed E-state index contributed by atoms with van der Waals surface area (Å²) in [7, 11) is 0. The molecule has 2 nitrogen and oxygen atoms in total. The first-order valence-electron chi connectivity index (χ1n) is 9.85. The molecule has 0 aromatic carbocycles. The summed E-state index contributed by atoms with van der Waals surface area (Å²) >= 11 is 0. The predicted molar refractivity (Wildman–Crippen MR) is 96.2 cm³/mol. The summed E-state index contributed by atoms with van der Waals surface area (Å²) in [6, 6.07) is 0. The largest absolute Gasteiger partial charge is 0.460 e. The van der Waals surface area contributed by atoms with Crippen LogP contribution in [0.2, 0.25) is 0 Å². The first-order chi connectivity index (χ1) is 10.6.